The van der Waals surface area contributed by atoms with Gasteiger partial charge in [0.05, 0.1) is 15.6 Å². The SMILES string of the molecule is Fc1cc(NC2CCC3CC3C2)c(Cl)cc1SNc1nccs1. The maximum Gasteiger partial charge on any atom is 0.192 e. The Morgan fingerprint density at radius 2 is 2.17 bits per heavy atom. The number of fused-ring (bicyclic) bond motifs is 1. The van der Waals surface area contributed by atoms with Gasteiger partial charge in [-0.05, 0) is 61.6 Å². The first-order valence-corrected chi connectivity index (χ1v) is 9.84. The second kappa shape index (κ2) is 6.49. The summed E-state index contributed by atoms with van der Waals surface area (Å²) in [6.45, 7) is 0. The number of nitrogens with zero attached hydrogens (tertiary/aromatic N) is 1. The molecule has 2 fully saturated rings. The van der Waals surface area contributed by atoms with Crippen LogP contribution in [-0.2, 0) is 0 Å². The molecule has 3 atom stereocenters. The van der Waals surface area contributed by atoms with E-state index in [9.17, 15) is 4.39 Å². The Hall–Kier alpha value is -0.980. The highest BCUT2D eigenvalue weighted by atomic mass is 35.5. The maximum absolute atomic E-state index is 14.3. The summed E-state index contributed by atoms with van der Waals surface area (Å²) in [6.07, 6.45) is 6.71. The van der Waals surface area contributed by atoms with Gasteiger partial charge in [0.1, 0.15) is 5.82 Å². The molecule has 0 saturated heterocycles. The molecule has 0 spiro atoms. The quantitative estimate of drug-likeness (QED) is 0.667. The lowest BCUT2D eigenvalue weighted by Crippen LogP contribution is -2.23. The fourth-order valence-electron chi connectivity index (χ4n) is 3.29. The van der Waals surface area contributed by atoms with Gasteiger partial charge in [-0.3, -0.25) is 0 Å². The maximum atomic E-state index is 14.3. The van der Waals surface area contributed by atoms with Crippen molar-refractivity contribution in [3.05, 3.63) is 34.5 Å². The molecule has 3 unspecified atom stereocenters. The van der Waals surface area contributed by atoms with Crippen LogP contribution in [0, 0.1) is 17.7 Å². The third-order valence-electron chi connectivity index (χ3n) is 4.60. The molecule has 122 valence electrons. The zero-order chi connectivity index (χ0) is 15.8. The van der Waals surface area contributed by atoms with E-state index < -0.39 is 0 Å². The third kappa shape index (κ3) is 3.59. The lowest BCUT2D eigenvalue weighted by Gasteiger charge is -2.24. The molecular formula is C16H17ClFN3S2. The molecule has 1 heterocycles. The van der Waals surface area contributed by atoms with Crippen LogP contribution >= 0.6 is 34.9 Å². The predicted molar refractivity (Wildman–Crippen MR) is 95.9 cm³/mol. The second-order valence-electron chi connectivity index (χ2n) is 6.21. The van der Waals surface area contributed by atoms with Crippen LogP contribution < -0.4 is 10.0 Å². The Labute approximate surface area is 148 Å². The van der Waals surface area contributed by atoms with Crippen LogP contribution in [0.1, 0.15) is 25.7 Å². The summed E-state index contributed by atoms with van der Waals surface area (Å²) in [5, 5.41) is 6.61. The fraction of sp³-hybridized carbons (Fsp3) is 0.438. The van der Waals surface area contributed by atoms with E-state index >= 15 is 0 Å². The smallest absolute Gasteiger partial charge is 0.192 e. The number of nitrogens with one attached hydrogen (secondary N) is 2. The topological polar surface area (TPSA) is 37.0 Å². The first-order chi connectivity index (χ1) is 11.2. The van der Waals surface area contributed by atoms with Gasteiger partial charge in [-0.1, -0.05) is 11.6 Å². The highest BCUT2D eigenvalue weighted by Crippen LogP contribution is 2.50. The van der Waals surface area contributed by atoms with Crippen LogP contribution in [0.3, 0.4) is 0 Å². The van der Waals surface area contributed by atoms with Crippen LogP contribution in [0.4, 0.5) is 15.2 Å². The Balaban J connectivity index is 1.43. The van der Waals surface area contributed by atoms with Crippen molar-refractivity contribution in [2.75, 3.05) is 10.0 Å². The van der Waals surface area contributed by atoms with Gasteiger partial charge in [-0.2, -0.15) is 0 Å². The van der Waals surface area contributed by atoms with Crippen molar-refractivity contribution in [3.8, 4) is 0 Å². The average Bonchev–Trinajstić information content (AvgIpc) is 3.11. The number of thiazole rings is 1. The summed E-state index contributed by atoms with van der Waals surface area (Å²) in [5.74, 6) is 1.56. The van der Waals surface area contributed by atoms with Gasteiger partial charge in [0.2, 0.25) is 0 Å². The van der Waals surface area contributed by atoms with E-state index in [2.05, 4.69) is 15.0 Å². The number of hydrogen-bond donors (Lipinski definition) is 2. The van der Waals surface area contributed by atoms with Crippen molar-refractivity contribution in [1.29, 1.82) is 0 Å². The van der Waals surface area contributed by atoms with E-state index in [1.54, 1.807) is 12.3 Å². The Kier molecular flexibility index (Phi) is 4.39. The van der Waals surface area contributed by atoms with E-state index in [1.165, 1.54) is 48.6 Å². The van der Waals surface area contributed by atoms with E-state index in [0.29, 0.717) is 21.6 Å². The molecule has 2 aromatic rings. The number of benzene rings is 1. The molecule has 2 aliphatic carbocycles. The summed E-state index contributed by atoms with van der Waals surface area (Å²) < 4.78 is 17.3. The van der Waals surface area contributed by atoms with Crippen LogP contribution in [0.5, 0.6) is 0 Å². The third-order valence-corrected chi connectivity index (χ3v) is 6.56. The lowest BCUT2D eigenvalue weighted by atomic mass is 9.95. The van der Waals surface area contributed by atoms with Gasteiger partial charge >= 0.3 is 0 Å². The highest BCUT2D eigenvalue weighted by molar-refractivity contribution is 8.00. The van der Waals surface area contributed by atoms with Crippen molar-refractivity contribution in [2.45, 2.75) is 36.6 Å². The molecule has 1 aromatic carbocycles. The number of hydrogen-bond acceptors (Lipinski definition) is 5. The largest absolute Gasteiger partial charge is 0.381 e. The summed E-state index contributed by atoms with van der Waals surface area (Å²) in [4.78, 5) is 4.58. The summed E-state index contributed by atoms with van der Waals surface area (Å²) in [6, 6.07) is 3.60. The van der Waals surface area contributed by atoms with Crippen molar-refractivity contribution < 1.29 is 4.39 Å². The van der Waals surface area contributed by atoms with E-state index in [0.717, 1.165) is 23.4 Å². The van der Waals surface area contributed by atoms with E-state index in [1.807, 2.05) is 5.38 Å². The summed E-state index contributed by atoms with van der Waals surface area (Å²) in [7, 11) is 0. The zero-order valence-corrected chi connectivity index (χ0v) is 14.8. The lowest BCUT2D eigenvalue weighted by molar-refractivity contribution is 0.441. The molecule has 0 aliphatic heterocycles. The van der Waals surface area contributed by atoms with Crippen LogP contribution in [0.25, 0.3) is 0 Å². The van der Waals surface area contributed by atoms with Crippen molar-refractivity contribution >= 4 is 45.7 Å². The summed E-state index contributed by atoms with van der Waals surface area (Å²) in [5.41, 5.74) is 0.701. The van der Waals surface area contributed by atoms with Crippen LogP contribution in [-0.4, -0.2) is 11.0 Å². The van der Waals surface area contributed by atoms with E-state index in [-0.39, 0.29) is 5.82 Å². The van der Waals surface area contributed by atoms with Crippen molar-refractivity contribution in [2.24, 2.45) is 11.8 Å². The van der Waals surface area contributed by atoms with Crippen LogP contribution in [0.2, 0.25) is 5.02 Å². The minimum Gasteiger partial charge on any atom is -0.381 e. The number of halogens is 2. The minimum absolute atomic E-state index is 0.272. The number of aromatic nitrogens is 1. The highest BCUT2D eigenvalue weighted by Gasteiger charge is 2.41. The molecule has 23 heavy (non-hydrogen) atoms. The number of rotatable bonds is 5. The molecule has 0 amide bonds. The molecule has 7 heteroatoms. The standard InChI is InChI=1S/C16H17ClFN3S2/c17-12-7-15(23-21-16-19-3-4-22-16)13(18)8-14(12)20-11-2-1-9-5-10(9)6-11/h3-4,7-11,20H,1-2,5-6H2,(H,19,21). The Morgan fingerprint density at radius 3 is 2.96 bits per heavy atom. The summed E-state index contributed by atoms with van der Waals surface area (Å²) >= 11 is 9.01. The zero-order valence-electron chi connectivity index (χ0n) is 12.4. The predicted octanol–water partition coefficient (Wildman–Crippen LogP) is 5.66. The first kappa shape index (κ1) is 15.5. The van der Waals surface area contributed by atoms with E-state index in [4.69, 9.17) is 11.6 Å². The average molecular weight is 370 g/mol. The minimum atomic E-state index is -0.272. The first-order valence-electron chi connectivity index (χ1n) is 7.77. The van der Waals surface area contributed by atoms with Crippen molar-refractivity contribution in [1.82, 2.24) is 4.98 Å². The second-order valence-corrected chi connectivity index (χ2v) is 8.36. The molecule has 2 N–H and O–H groups in total. The molecule has 1 aromatic heterocycles. The van der Waals surface area contributed by atoms with Crippen LogP contribution in [0.15, 0.2) is 28.6 Å². The molecule has 0 bridgehead atoms. The normalized spacial score (nSPS) is 25.7. The van der Waals surface area contributed by atoms with Gasteiger partial charge in [0.15, 0.2) is 5.13 Å². The molecule has 0 radical (unpaired) electrons. The molecular weight excluding hydrogens is 353 g/mol. The van der Waals surface area contributed by atoms with Crippen molar-refractivity contribution in [3.63, 3.8) is 0 Å². The van der Waals surface area contributed by atoms with Gasteiger partial charge in [0, 0.05) is 17.6 Å². The Bertz CT molecular complexity index is 695. The molecule has 4 rings (SSSR count). The molecule has 3 nitrogen and oxygen atoms in total. The van der Waals surface area contributed by atoms with Gasteiger partial charge in [-0.25, -0.2) is 9.37 Å². The Morgan fingerprint density at radius 1 is 1.26 bits per heavy atom. The van der Waals surface area contributed by atoms with Gasteiger partial charge < -0.3 is 10.0 Å². The fourth-order valence-corrected chi connectivity index (χ4v) is 4.85. The molecule has 2 saturated carbocycles. The number of anilines is 2. The molecule has 2 aliphatic rings. The van der Waals surface area contributed by atoms with Gasteiger partial charge in [0.25, 0.3) is 0 Å². The monoisotopic (exact) mass is 369 g/mol. The van der Waals surface area contributed by atoms with Gasteiger partial charge in [-0.15, -0.1) is 11.3 Å².